The van der Waals surface area contributed by atoms with E-state index in [0.717, 1.165) is 16.7 Å². The van der Waals surface area contributed by atoms with Crippen molar-refractivity contribution in [1.29, 1.82) is 5.26 Å². The maximum atomic E-state index is 8.80. The van der Waals surface area contributed by atoms with Gasteiger partial charge in [0.25, 0.3) is 0 Å². The van der Waals surface area contributed by atoms with E-state index < -0.39 is 0 Å². The van der Waals surface area contributed by atoms with Crippen LogP contribution in [-0.4, -0.2) is 9.97 Å². The van der Waals surface area contributed by atoms with Crippen molar-refractivity contribution in [2.45, 2.75) is 6.92 Å². The number of pyridine rings is 2. The average Bonchev–Trinajstić information content (AvgIpc) is 2.34. The topological polar surface area (TPSA) is 49.6 Å². The predicted octanol–water partition coefficient (Wildman–Crippen LogP) is 2.98. The molecule has 2 heterocycles. The lowest BCUT2D eigenvalue weighted by Crippen LogP contribution is -1.92. The molecule has 0 aliphatic heterocycles. The number of nitriles is 1. The summed E-state index contributed by atoms with van der Waals surface area (Å²) in [6, 6.07) is 5.72. The van der Waals surface area contributed by atoms with Gasteiger partial charge in [0.1, 0.15) is 6.07 Å². The van der Waals surface area contributed by atoms with Crippen LogP contribution in [0.4, 0.5) is 0 Å². The molecule has 0 atom stereocenters. The molecule has 0 radical (unpaired) electrons. The Bertz CT molecular complexity index is 558. The van der Waals surface area contributed by atoms with Gasteiger partial charge in [-0.1, -0.05) is 11.6 Å². The summed E-state index contributed by atoms with van der Waals surface area (Å²) >= 11 is 6.05. The molecule has 4 heteroatoms. The van der Waals surface area contributed by atoms with Gasteiger partial charge in [0.2, 0.25) is 0 Å². The van der Waals surface area contributed by atoms with E-state index in [2.05, 4.69) is 9.97 Å². The molecule has 0 aromatic carbocycles. The second-order valence-electron chi connectivity index (χ2n) is 3.31. The van der Waals surface area contributed by atoms with Gasteiger partial charge in [0, 0.05) is 24.2 Å². The molecule has 0 saturated heterocycles. The molecule has 0 fully saturated rings. The Hall–Kier alpha value is -1.92. The third kappa shape index (κ3) is 1.75. The van der Waals surface area contributed by atoms with E-state index in [1.807, 2.05) is 25.1 Å². The third-order valence-corrected chi connectivity index (χ3v) is 2.82. The minimum Gasteiger partial charge on any atom is -0.265 e. The fourth-order valence-electron chi connectivity index (χ4n) is 1.48. The summed E-state index contributed by atoms with van der Waals surface area (Å²) in [5, 5.41) is 9.21. The van der Waals surface area contributed by atoms with Gasteiger partial charge in [-0.25, -0.2) is 4.98 Å². The van der Waals surface area contributed by atoms with Crippen molar-refractivity contribution in [2.24, 2.45) is 0 Å². The molecular formula is C12H8ClN3. The van der Waals surface area contributed by atoms with E-state index >= 15 is 0 Å². The van der Waals surface area contributed by atoms with Crippen LogP contribution in [0.1, 0.15) is 11.3 Å². The zero-order valence-corrected chi connectivity index (χ0v) is 9.36. The Morgan fingerprint density at radius 1 is 1.31 bits per heavy atom. The lowest BCUT2D eigenvalue weighted by atomic mass is 10.0. The molecule has 2 aromatic rings. The third-order valence-electron chi connectivity index (χ3n) is 2.36. The van der Waals surface area contributed by atoms with Crippen LogP contribution in [0, 0.1) is 18.3 Å². The first-order valence-electron chi connectivity index (χ1n) is 4.69. The Morgan fingerprint density at radius 2 is 2.00 bits per heavy atom. The highest BCUT2D eigenvalue weighted by Gasteiger charge is 2.10. The molecule has 0 aliphatic rings. The number of halogens is 1. The number of aromatic nitrogens is 2. The molecule has 0 unspecified atom stereocenters. The van der Waals surface area contributed by atoms with Gasteiger partial charge in [-0.05, 0) is 30.2 Å². The van der Waals surface area contributed by atoms with Crippen LogP contribution >= 0.6 is 11.6 Å². The summed E-state index contributed by atoms with van der Waals surface area (Å²) in [5.74, 6) is 0. The Kier molecular flexibility index (Phi) is 2.84. The smallest absolute Gasteiger partial charge is 0.159 e. The number of hydrogen-bond acceptors (Lipinski definition) is 3. The Morgan fingerprint density at radius 3 is 2.62 bits per heavy atom. The molecule has 2 rings (SSSR count). The second-order valence-corrected chi connectivity index (χ2v) is 3.69. The standard InChI is InChI=1S/C12H8ClN3/c1-8-10(9-2-4-15-5-3-9)7-16-11(6-14)12(8)13/h2-5,7H,1H3. The number of nitrogens with zero attached hydrogens (tertiary/aromatic N) is 3. The normalized spacial score (nSPS) is 9.81. The lowest BCUT2D eigenvalue weighted by molar-refractivity contribution is 1.23. The second kappa shape index (κ2) is 4.30. The largest absolute Gasteiger partial charge is 0.265 e. The summed E-state index contributed by atoms with van der Waals surface area (Å²) in [6.07, 6.45) is 5.08. The van der Waals surface area contributed by atoms with Crippen molar-refractivity contribution in [3.63, 3.8) is 0 Å². The predicted molar refractivity (Wildman–Crippen MR) is 61.9 cm³/mol. The molecule has 0 saturated carbocycles. The van der Waals surface area contributed by atoms with Crippen molar-refractivity contribution < 1.29 is 0 Å². The van der Waals surface area contributed by atoms with Crippen LogP contribution in [0.25, 0.3) is 11.1 Å². The van der Waals surface area contributed by atoms with E-state index in [-0.39, 0.29) is 5.69 Å². The maximum absolute atomic E-state index is 8.80. The zero-order valence-electron chi connectivity index (χ0n) is 8.61. The highest BCUT2D eigenvalue weighted by molar-refractivity contribution is 6.32. The van der Waals surface area contributed by atoms with Crippen LogP contribution < -0.4 is 0 Å². The fourth-order valence-corrected chi connectivity index (χ4v) is 1.67. The van der Waals surface area contributed by atoms with E-state index in [4.69, 9.17) is 16.9 Å². The first-order chi connectivity index (χ1) is 7.74. The highest BCUT2D eigenvalue weighted by atomic mass is 35.5. The van der Waals surface area contributed by atoms with Gasteiger partial charge in [-0.2, -0.15) is 5.26 Å². The first kappa shape index (κ1) is 10.6. The number of hydrogen-bond donors (Lipinski definition) is 0. The summed E-state index contributed by atoms with van der Waals surface area (Å²) < 4.78 is 0. The molecule has 0 aliphatic carbocycles. The Labute approximate surface area is 98.4 Å². The lowest BCUT2D eigenvalue weighted by Gasteiger charge is -2.07. The summed E-state index contributed by atoms with van der Waals surface area (Å²) in [4.78, 5) is 7.97. The highest BCUT2D eigenvalue weighted by Crippen LogP contribution is 2.28. The van der Waals surface area contributed by atoms with Crippen molar-refractivity contribution in [3.8, 4) is 17.2 Å². The van der Waals surface area contributed by atoms with Gasteiger partial charge >= 0.3 is 0 Å². The van der Waals surface area contributed by atoms with Crippen LogP contribution in [-0.2, 0) is 0 Å². The van der Waals surface area contributed by atoms with E-state index in [9.17, 15) is 0 Å². The van der Waals surface area contributed by atoms with Crippen molar-refractivity contribution in [2.75, 3.05) is 0 Å². The monoisotopic (exact) mass is 229 g/mol. The quantitative estimate of drug-likeness (QED) is 0.755. The molecule has 0 amide bonds. The van der Waals surface area contributed by atoms with Gasteiger partial charge in [-0.3, -0.25) is 4.98 Å². The van der Waals surface area contributed by atoms with Crippen molar-refractivity contribution >= 4 is 11.6 Å². The fraction of sp³-hybridized carbons (Fsp3) is 0.0833. The SMILES string of the molecule is Cc1c(-c2ccncc2)cnc(C#N)c1Cl. The van der Waals surface area contributed by atoms with Gasteiger partial charge in [0.15, 0.2) is 5.69 Å². The molecule has 16 heavy (non-hydrogen) atoms. The van der Waals surface area contributed by atoms with E-state index in [1.54, 1.807) is 18.6 Å². The van der Waals surface area contributed by atoms with Gasteiger partial charge in [0.05, 0.1) is 5.02 Å². The summed E-state index contributed by atoms with van der Waals surface area (Å²) in [5.41, 5.74) is 3.04. The molecule has 2 aromatic heterocycles. The molecular weight excluding hydrogens is 222 g/mol. The molecule has 78 valence electrons. The Balaban J connectivity index is 2.62. The minimum atomic E-state index is 0.261. The van der Waals surface area contributed by atoms with E-state index in [1.165, 1.54) is 0 Å². The molecule has 0 spiro atoms. The van der Waals surface area contributed by atoms with Gasteiger partial charge in [-0.15, -0.1) is 0 Å². The maximum Gasteiger partial charge on any atom is 0.159 e. The summed E-state index contributed by atoms with van der Waals surface area (Å²) in [7, 11) is 0. The average molecular weight is 230 g/mol. The van der Waals surface area contributed by atoms with Crippen molar-refractivity contribution in [1.82, 2.24) is 9.97 Å². The molecule has 3 nitrogen and oxygen atoms in total. The van der Waals surface area contributed by atoms with Gasteiger partial charge < -0.3 is 0 Å². The van der Waals surface area contributed by atoms with Crippen LogP contribution in [0.3, 0.4) is 0 Å². The van der Waals surface area contributed by atoms with Crippen molar-refractivity contribution in [3.05, 3.63) is 47.0 Å². The minimum absolute atomic E-state index is 0.261. The summed E-state index contributed by atoms with van der Waals surface area (Å²) in [6.45, 7) is 1.88. The first-order valence-corrected chi connectivity index (χ1v) is 5.07. The molecule has 0 N–H and O–H groups in total. The zero-order chi connectivity index (χ0) is 11.5. The number of rotatable bonds is 1. The van der Waals surface area contributed by atoms with Crippen LogP contribution in [0.2, 0.25) is 5.02 Å². The van der Waals surface area contributed by atoms with E-state index in [0.29, 0.717) is 5.02 Å². The van der Waals surface area contributed by atoms with Crippen LogP contribution in [0.5, 0.6) is 0 Å². The van der Waals surface area contributed by atoms with Crippen LogP contribution in [0.15, 0.2) is 30.7 Å². The molecule has 0 bridgehead atoms.